The predicted molar refractivity (Wildman–Crippen MR) is 132 cm³/mol. The van der Waals surface area contributed by atoms with Gasteiger partial charge in [0.15, 0.2) is 0 Å². The molecule has 2 heterocycles. The topological polar surface area (TPSA) is 136 Å². The van der Waals surface area contributed by atoms with Crippen LogP contribution in [0.3, 0.4) is 0 Å². The third-order valence-corrected chi connectivity index (χ3v) is 6.55. The van der Waals surface area contributed by atoms with E-state index in [-0.39, 0.29) is 5.92 Å². The van der Waals surface area contributed by atoms with Crippen LogP contribution in [-0.4, -0.2) is 47.7 Å². The highest BCUT2D eigenvalue weighted by molar-refractivity contribution is 6.22. The molecule has 2 N–H and O–H groups in total. The number of nitrogens with zero attached hydrogens (tertiary/aromatic N) is 3. The summed E-state index contributed by atoms with van der Waals surface area (Å²) in [6, 6.07) is 13.4. The van der Waals surface area contributed by atoms with Crippen molar-refractivity contribution in [2.45, 2.75) is 37.7 Å². The number of benzene rings is 2. The maximum atomic E-state index is 13.0. The highest BCUT2D eigenvalue weighted by atomic mass is 16.5. The Morgan fingerprint density at radius 3 is 1.97 bits per heavy atom. The molecule has 192 valence electrons. The molecule has 2 aliphatic rings. The summed E-state index contributed by atoms with van der Waals surface area (Å²) < 4.78 is 17.6. The third-order valence-electron chi connectivity index (χ3n) is 6.55. The van der Waals surface area contributed by atoms with Gasteiger partial charge in [-0.05, 0) is 61.4 Å². The molecule has 2 aromatic carbocycles. The van der Waals surface area contributed by atoms with E-state index in [9.17, 15) is 14.4 Å². The highest BCUT2D eigenvalue weighted by Gasteiger charge is 2.58. The van der Waals surface area contributed by atoms with Crippen LogP contribution in [0.5, 0.6) is 17.2 Å². The minimum atomic E-state index is -1.80. The zero-order chi connectivity index (χ0) is 26.0. The molecule has 11 nitrogen and oxygen atoms in total. The Morgan fingerprint density at radius 2 is 1.41 bits per heavy atom. The van der Waals surface area contributed by atoms with E-state index in [1.165, 1.54) is 0 Å². The number of amides is 4. The molecular formula is C26H27N5O6. The average molecular weight is 506 g/mol. The Hall–Kier alpha value is -4.41. The molecule has 11 heteroatoms. The second-order valence-corrected chi connectivity index (χ2v) is 9.29. The lowest BCUT2D eigenvalue weighted by atomic mass is 9.75. The summed E-state index contributed by atoms with van der Waals surface area (Å²) in [7, 11) is 3.64. The molecule has 1 saturated carbocycles. The van der Waals surface area contributed by atoms with Gasteiger partial charge in [0.2, 0.25) is 5.89 Å². The number of urea groups is 1. The first kappa shape index (κ1) is 24.3. The van der Waals surface area contributed by atoms with Crippen molar-refractivity contribution in [2.75, 3.05) is 19.0 Å². The minimum Gasteiger partial charge on any atom is -0.467 e. The quantitative estimate of drug-likeness (QED) is 0.461. The van der Waals surface area contributed by atoms with Crippen LogP contribution in [0.2, 0.25) is 0 Å². The fourth-order valence-electron chi connectivity index (χ4n) is 4.66. The zero-order valence-corrected chi connectivity index (χ0v) is 20.5. The molecular weight excluding hydrogens is 478 g/mol. The number of carbonyl (C=O) groups is 3. The Bertz CT molecular complexity index is 1280. The van der Waals surface area contributed by atoms with E-state index in [1.54, 1.807) is 41.3 Å². The Morgan fingerprint density at radius 1 is 0.838 bits per heavy atom. The van der Waals surface area contributed by atoms with E-state index in [0.717, 1.165) is 24.8 Å². The van der Waals surface area contributed by atoms with Crippen LogP contribution in [0, 0.1) is 5.92 Å². The van der Waals surface area contributed by atoms with Gasteiger partial charge in [-0.25, -0.2) is 4.79 Å². The van der Waals surface area contributed by atoms with Crippen LogP contribution < -0.4 is 25.0 Å². The van der Waals surface area contributed by atoms with E-state index in [2.05, 4.69) is 20.8 Å². The minimum absolute atomic E-state index is 0.320. The smallest absolute Gasteiger partial charge is 0.328 e. The van der Waals surface area contributed by atoms with Gasteiger partial charge in [-0.15, -0.1) is 5.10 Å². The van der Waals surface area contributed by atoms with Gasteiger partial charge in [0, 0.05) is 25.6 Å². The van der Waals surface area contributed by atoms with Gasteiger partial charge in [0.1, 0.15) is 17.2 Å². The number of nitrogens with one attached hydrogen (secondary N) is 2. The van der Waals surface area contributed by atoms with E-state index >= 15 is 0 Å². The van der Waals surface area contributed by atoms with E-state index in [0.29, 0.717) is 42.0 Å². The molecule has 0 spiro atoms. The maximum Gasteiger partial charge on any atom is 0.328 e. The normalized spacial score (nSPS) is 17.6. The number of anilines is 1. The maximum absolute atomic E-state index is 13.0. The molecule has 1 saturated heterocycles. The Kier molecular flexibility index (Phi) is 6.51. The predicted octanol–water partition coefficient (Wildman–Crippen LogP) is 3.66. The fraction of sp³-hybridized carbons (Fsp3) is 0.346. The standard InChI is InChI=1S/C26H27N5O6/c1-31(2)25-30-29-21(36-25)16-8-10-18(11-9-16)35-19-12-14-20(15-13-19)37-26(17-6-4-3-5-7-17)22(32)27-24(34)28-23(26)33/h8-15,17H,3-7H2,1-2H3,(H2,27,28,32,33,34). The number of hydrogen-bond acceptors (Lipinski definition) is 9. The lowest BCUT2D eigenvalue weighted by Gasteiger charge is -2.41. The van der Waals surface area contributed by atoms with Crippen LogP contribution in [-0.2, 0) is 9.59 Å². The van der Waals surface area contributed by atoms with E-state index < -0.39 is 23.4 Å². The van der Waals surface area contributed by atoms with Crippen molar-refractivity contribution < 1.29 is 28.3 Å². The van der Waals surface area contributed by atoms with Crippen molar-refractivity contribution in [1.29, 1.82) is 0 Å². The number of carbonyl (C=O) groups excluding carboxylic acids is 3. The van der Waals surface area contributed by atoms with Gasteiger partial charge >= 0.3 is 12.0 Å². The molecule has 0 radical (unpaired) electrons. The van der Waals surface area contributed by atoms with Gasteiger partial charge in [0.25, 0.3) is 17.4 Å². The summed E-state index contributed by atoms with van der Waals surface area (Å²) in [5.74, 6) is 0.0545. The monoisotopic (exact) mass is 505 g/mol. The molecule has 0 atom stereocenters. The number of ether oxygens (including phenoxy) is 2. The molecule has 3 aromatic rings. The van der Waals surface area contributed by atoms with Gasteiger partial charge in [0.05, 0.1) is 0 Å². The summed E-state index contributed by atoms with van der Waals surface area (Å²) in [5, 5.41) is 12.4. The molecule has 5 rings (SSSR count). The molecule has 1 aliphatic carbocycles. The first-order valence-corrected chi connectivity index (χ1v) is 12.1. The largest absolute Gasteiger partial charge is 0.467 e. The van der Waals surface area contributed by atoms with E-state index in [4.69, 9.17) is 13.9 Å². The fourth-order valence-corrected chi connectivity index (χ4v) is 4.66. The first-order chi connectivity index (χ1) is 17.8. The SMILES string of the molecule is CN(C)c1nnc(-c2ccc(Oc3ccc(OC4(C5CCCCC5)C(=O)NC(=O)NC4=O)cc3)cc2)o1. The number of rotatable bonds is 7. The highest BCUT2D eigenvalue weighted by Crippen LogP contribution is 2.38. The van der Waals surface area contributed by atoms with Crippen LogP contribution in [0.25, 0.3) is 11.5 Å². The number of hydrogen-bond donors (Lipinski definition) is 2. The van der Waals surface area contributed by atoms with Gasteiger partial charge < -0.3 is 18.8 Å². The van der Waals surface area contributed by atoms with Crippen molar-refractivity contribution in [3.8, 4) is 28.7 Å². The summed E-state index contributed by atoms with van der Waals surface area (Å²) in [6.07, 6.45) is 4.13. The van der Waals surface area contributed by atoms with Crippen LogP contribution >= 0.6 is 0 Å². The number of aromatic nitrogens is 2. The lowest BCUT2D eigenvalue weighted by Crippen LogP contribution is -2.72. The Balaban J connectivity index is 1.30. The molecule has 1 aromatic heterocycles. The molecule has 0 unspecified atom stereocenters. The van der Waals surface area contributed by atoms with E-state index in [1.807, 2.05) is 26.2 Å². The molecule has 0 bridgehead atoms. The molecule has 2 fully saturated rings. The van der Waals surface area contributed by atoms with Crippen molar-refractivity contribution in [2.24, 2.45) is 5.92 Å². The first-order valence-electron chi connectivity index (χ1n) is 12.1. The second-order valence-electron chi connectivity index (χ2n) is 9.29. The second kappa shape index (κ2) is 9.92. The van der Waals surface area contributed by atoms with Crippen molar-refractivity contribution >= 4 is 23.9 Å². The van der Waals surface area contributed by atoms with Crippen molar-refractivity contribution in [3.63, 3.8) is 0 Å². The summed E-state index contributed by atoms with van der Waals surface area (Å²) in [6.45, 7) is 0. The number of barbiturate groups is 1. The van der Waals surface area contributed by atoms with Crippen LogP contribution in [0.15, 0.2) is 52.9 Å². The lowest BCUT2D eigenvalue weighted by molar-refractivity contribution is -0.158. The van der Waals surface area contributed by atoms with Crippen LogP contribution in [0.4, 0.5) is 10.8 Å². The third kappa shape index (κ3) is 4.84. The van der Waals surface area contributed by atoms with Crippen molar-refractivity contribution in [3.05, 3.63) is 48.5 Å². The van der Waals surface area contributed by atoms with Gasteiger partial charge in [-0.1, -0.05) is 24.4 Å². The van der Waals surface area contributed by atoms with Gasteiger partial charge in [-0.3, -0.25) is 20.2 Å². The molecule has 4 amide bonds. The molecule has 37 heavy (non-hydrogen) atoms. The van der Waals surface area contributed by atoms with Crippen LogP contribution in [0.1, 0.15) is 32.1 Å². The Labute approximate surface area is 213 Å². The molecule has 1 aliphatic heterocycles. The van der Waals surface area contributed by atoms with Crippen molar-refractivity contribution in [1.82, 2.24) is 20.8 Å². The average Bonchev–Trinajstić information content (AvgIpc) is 3.39. The van der Waals surface area contributed by atoms with Gasteiger partial charge in [-0.2, -0.15) is 0 Å². The zero-order valence-electron chi connectivity index (χ0n) is 20.5. The summed E-state index contributed by atoms with van der Waals surface area (Å²) >= 11 is 0. The number of imide groups is 2. The summed E-state index contributed by atoms with van der Waals surface area (Å²) in [4.78, 5) is 39.3. The summed E-state index contributed by atoms with van der Waals surface area (Å²) in [5.41, 5.74) is -1.04.